The van der Waals surface area contributed by atoms with E-state index in [0.717, 1.165) is 22.5 Å². The number of H-pyrrole nitrogens is 1. The molecular formula is C20H19N5O2. The Labute approximate surface area is 155 Å². The van der Waals surface area contributed by atoms with Gasteiger partial charge in [-0.05, 0) is 24.3 Å². The fourth-order valence-electron chi connectivity index (χ4n) is 3.06. The SMILES string of the molecule is CC(=O)NCCNc1cccc(-c2cc3[nH]c(=O)c4ccccc4n3n2)c1. The zero-order valence-corrected chi connectivity index (χ0v) is 14.8. The summed E-state index contributed by atoms with van der Waals surface area (Å²) in [6.45, 7) is 2.69. The van der Waals surface area contributed by atoms with Gasteiger partial charge in [-0.1, -0.05) is 24.3 Å². The van der Waals surface area contributed by atoms with E-state index >= 15 is 0 Å². The van der Waals surface area contributed by atoms with Crippen LogP contribution in [0.2, 0.25) is 0 Å². The van der Waals surface area contributed by atoms with Crippen molar-refractivity contribution in [2.24, 2.45) is 0 Å². The van der Waals surface area contributed by atoms with Crippen molar-refractivity contribution in [3.63, 3.8) is 0 Å². The minimum absolute atomic E-state index is 0.0449. The van der Waals surface area contributed by atoms with E-state index in [0.29, 0.717) is 24.1 Å². The number of amides is 1. The van der Waals surface area contributed by atoms with E-state index in [4.69, 9.17) is 0 Å². The number of fused-ring (bicyclic) bond motifs is 3. The molecule has 0 aliphatic carbocycles. The minimum atomic E-state index is -0.127. The third-order valence-electron chi connectivity index (χ3n) is 4.31. The van der Waals surface area contributed by atoms with E-state index in [1.165, 1.54) is 6.92 Å². The van der Waals surface area contributed by atoms with Gasteiger partial charge in [-0.2, -0.15) is 5.10 Å². The summed E-state index contributed by atoms with van der Waals surface area (Å²) in [5.41, 5.74) is 3.94. The summed E-state index contributed by atoms with van der Waals surface area (Å²) in [7, 11) is 0. The van der Waals surface area contributed by atoms with Crippen LogP contribution in [0.15, 0.2) is 59.4 Å². The monoisotopic (exact) mass is 361 g/mol. The number of hydrogen-bond donors (Lipinski definition) is 3. The first-order valence-corrected chi connectivity index (χ1v) is 8.71. The predicted octanol–water partition coefficient (Wildman–Crippen LogP) is 2.39. The predicted molar refractivity (Wildman–Crippen MR) is 106 cm³/mol. The summed E-state index contributed by atoms with van der Waals surface area (Å²) in [5.74, 6) is -0.0449. The van der Waals surface area contributed by atoms with Gasteiger partial charge in [-0.15, -0.1) is 0 Å². The van der Waals surface area contributed by atoms with Gasteiger partial charge in [0.05, 0.1) is 16.6 Å². The molecule has 0 aliphatic rings. The maximum atomic E-state index is 12.3. The topological polar surface area (TPSA) is 91.3 Å². The quantitative estimate of drug-likeness (QED) is 0.476. The second-order valence-electron chi connectivity index (χ2n) is 6.29. The lowest BCUT2D eigenvalue weighted by molar-refractivity contribution is -0.118. The minimum Gasteiger partial charge on any atom is -0.383 e. The van der Waals surface area contributed by atoms with Crippen molar-refractivity contribution in [3.8, 4) is 11.3 Å². The molecule has 0 bridgehead atoms. The molecule has 1 amide bonds. The maximum Gasteiger partial charge on any atom is 0.259 e. The second kappa shape index (κ2) is 6.95. The Bertz CT molecular complexity index is 1190. The molecule has 2 heterocycles. The molecule has 4 aromatic rings. The fraction of sp³-hybridized carbons (Fsp3) is 0.150. The van der Waals surface area contributed by atoms with Crippen LogP contribution in [0.25, 0.3) is 27.8 Å². The van der Waals surface area contributed by atoms with Crippen LogP contribution in [0.3, 0.4) is 0 Å². The molecule has 3 N–H and O–H groups in total. The summed E-state index contributed by atoms with van der Waals surface area (Å²) in [6, 6.07) is 17.1. The number of carbonyl (C=O) groups excluding carboxylic acids is 1. The average molecular weight is 361 g/mol. The third-order valence-corrected chi connectivity index (χ3v) is 4.31. The highest BCUT2D eigenvalue weighted by Gasteiger charge is 2.10. The van der Waals surface area contributed by atoms with Crippen LogP contribution in [0.1, 0.15) is 6.92 Å². The van der Waals surface area contributed by atoms with Crippen LogP contribution in [-0.4, -0.2) is 33.6 Å². The molecule has 7 heteroatoms. The van der Waals surface area contributed by atoms with Crippen LogP contribution in [0.4, 0.5) is 5.69 Å². The van der Waals surface area contributed by atoms with Crippen molar-refractivity contribution in [1.29, 1.82) is 0 Å². The van der Waals surface area contributed by atoms with Gasteiger partial charge in [0.1, 0.15) is 5.65 Å². The Morgan fingerprint density at radius 1 is 1.11 bits per heavy atom. The molecule has 2 aromatic heterocycles. The molecule has 0 aliphatic heterocycles. The van der Waals surface area contributed by atoms with Gasteiger partial charge < -0.3 is 15.6 Å². The summed E-state index contributed by atoms with van der Waals surface area (Å²) in [4.78, 5) is 26.1. The zero-order chi connectivity index (χ0) is 18.8. The number of nitrogens with one attached hydrogen (secondary N) is 3. The normalized spacial score (nSPS) is 11.0. The van der Waals surface area contributed by atoms with Crippen LogP contribution in [0.5, 0.6) is 0 Å². The molecule has 0 saturated carbocycles. The van der Waals surface area contributed by atoms with Gasteiger partial charge in [-0.25, -0.2) is 4.52 Å². The van der Waals surface area contributed by atoms with Gasteiger partial charge in [0.25, 0.3) is 5.56 Å². The van der Waals surface area contributed by atoms with Crippen molar-refractivity contribution in [3.05, 3.63) is 65.0 Å². The van der Waals surface area contributed by atoms with Gasteiger partial charge in [0.15, 0.2) is 0 Å². The number of aromatic amines is 1. The van der Waals surface area contributed by atoms with E-state index in [9.17, 15) is 9.59 Å². The molecule has 136 valence electrons. The lowest BCUT2D eigenvalue weighted by Gasteiger charge is -2.07. The highest BCUT2D eigenvalue weighted by atomic mass is 16.1. The van der Waals surface area contributed by atoms with Gasteiger partial charge in [-0.3, -0.25) is 9.59 Å². The summed E-state index contributed by atoms with van der Waals surface area (Å²) in [5, 5.41) is 11.3. The number of carbonyl (C=O) groups is 1. The first-order chi connectivity index (χ1) is 13.1. The first-order valence-electron chi connectivity index (χ1n) is 8.71. The molecule has 27 heavy (non-hydrogen) atoms. The largest absolute Gasteiger partial charge is 0.383 e. The average Bonchev–Trinajstić information content (AvgIpc) is 3.10. The highest BCUT2D eigenvalue weighted by molar-refractivity contribution is 5.81. The number of nitrogens with zero attached hydrogens (tertiary/aromatic N) is 2. The highest BCUT2D eigenvalue weighted by Crippen LogP contribution is 2.23. The van der Waals surface area contributed by atoms with Crippen molar-refractivity contribution < 1.29 is 4.79 Å². The maximum absolute atomic E-state index is 12.3. The molecule has 0 saturated heterocycles. The molecule has 7 nitrogen and oxygen atoms in total. The number of aromatic nitrogens is 3. The smallest absolute Gasteiger partial charge is 0.259 e. The van der Waals surface area contributed by atoms with E-state index in [1.807, 2.05) is 48.5 Å². The van der Waals surface area contributed by atoms with Crippen LogP contribution < -0.4 is 16.2 Å². The number of para-hydroxylation sites is 1. The lowest BCUT2D eigenvalue weighted by atomic mass is 10.1. The summed E-state index contributed by atoms with van der Waals surface area (Å²) >= 11 is 0. The number of anilines is 1. The third kappa shape index (κ3) is 3.39. The lowest BCUT2D eigenvalue weighted by Crippen LogP contribution is -2.26. The standard InChI is InChI=1S/C20H19N5O2/c1-13(26)21-9-10-22-15-6-4-5-14(11-15)17-12-19-23-20(27)16-7-2-3-8-18(16)25(19)24-17/h2-8,11-12,22H,9-10H2,1H3,(H,21,26)(H,23,27). The Balaban J connectivity index is 1.66. The van der Waals surface area contributed by atoms with Gasteiger partial charge in [0.2, 0.25) is 5.91 Å². The summed E-state index contributed by atoms with van der Waals surface area (Å²) < 4.78 is 1.75. The van der Waals surface area contributed by atoms with E-state index in [-0.39, 0.29) is 11.5 Å². The fourth-order valence-corrected chi connectivity index (χ4v) is 3.06. The van der Waals surface area contributed by atoms with Crippen molar-refractivity contribution >= 4 is 28.1 Å². The van der Waals surface area contributed by atoms with Crippen molar-refractivity contribution in [1.82, 2.24) is 19.9 Å². The van der Waals surface area contributed by atoms with Crippen LogP contribution in [0, 0.1) is 0 Å². The Kier molecular flexibility index (Phi) is 4.33. The Morgan fingerprint density at radius 3 is 2.81 bits per heavy atom. The molecular weight excluding hydrogens is 342 g/mol. The van der Waals surface area contributed by atoms with Crippen LogP contribution >= 0.6 is 0 Å². The van der Waals surface area contributed by atoms with Crippen LogP contribution in [-0.2, 0) is 4.79 Å². The molecule has 0 radical (unpaired) electrons. The number of hydrogen-bond acceptors (Lipinski definition) is 4. The van der Waals surface area contributed by atoms with Gasteiger partial charge in [0, 0.05) is 37.3 Å². The number of rotatable bonds is 5. The molecule has 0 unspecified atom stereocenters. The first kappa shape index (κ1) is 16.8. The second-order valence-corrected chi connectivity index (χ2v) is 6.29. The molecule has 0 fully saturated rings. The zero-order valence-electron chi connectivity index (χ0n) is 14.8. The van der Waals surface area contributed by atoms with Crippen molar-refractivity contribution in [2.45, 2.75) is 6.92 Å². The van der Waals surface area contributed by atoms with Crippen molar-refractivity contribution in [2.75, 3.05) is 18.4 Å². The van der Waals surface area contributed by atoms with E-state index in [1.54, 1.807) is 10.6 Å². The van der Waals surface area contributed by atoms with E-state index < -0.39 is 0 Å². The molecule has 4 rings (SSSR count). The van der Waals surface area contributed by atoms with Gasteiger partial charge >= 0.3 is 0 Å². The summed E-state index contributed by atoms with van der Waals surface area (Å²) in [6.07, 6.45) is 0. The molecule has 0 spiro atoms. The Hall–Kier alpha value is -3.61. The Morgan fingerprint density at radius 2 is 1.96 bits per heavy atom. The molecule has 2 aromatic carbocycles. The molecule has 0 atom stereocenters. The van der Waals surface area contributed by atoms with E-state index in [2.05, 4.69) is 20.7 Å². The number of benzene rings is 2.